The van der Waals surface area contributed by atoms with E-state index in [-0.39, 0.29) is 22.2 Å². The number of nitrogens with zero attached hydrogens (tertiary/aromatic N) is 1. The molecule has 0 atom stereocenters. The van der Waals surface area contributed by atoms with Crippen LogP contribution in [0.2, 0.25) is 10.0 Å². The van der Waals surface area contributed by atoms with Gasteiger partial charge in [0.2, 0.25) is 6.08 Å². The van der Waals surface area contributed by atoms with E-state index < -0.39 is 5.82 Å². The number of aliphatic imine (C=N–C) groups is 1. The second-order valence-electron chi connectivity index (χ2n) is 2.23. The van der Waals surface area contributed by atoms with Gasteiger partial charge in [-0.25, -0.2) is 14.2 Å². The topological polar surface area (TPSA) is 29.4 Å². The van der Waals surface area contributed by atoms with Crippen LogP contribution in [0.4, 0.5) is 4.39 Å². The van der Waals surface area contributed by atoms with E-state index in [2.05, 4.69) is 4.99 Å². The highest BCUT2D eigenvalue weighted by atomic mass is 35.5. The molecule has 68 valence electrons. The predicted molar refractivity (Wildman–Crippen MR) is 48.2 cm³/mol. The normalized spacial score (nSPS) is 9.46. The van der Waals surface area contributed by atoms with E-state index in [0.29, 0.717) is 0 Å². The highest BCUT2D eigenvalue weighted by Gasteiger charge is 2.10. The molecule has 0 bridgehead atoms. The lowest BCUT2D eigenvalue weighted by Gasteiger charge is -2.02. The molecule has 0 fully saturated rings. The molecular formula is C8H4Cl2FNO. The van der Waals surface area contributed by atoms with Crippen molar-refractivity contribution in [2.24, 2.45) is 4.99 Å². The monoisotopic (exact) mass is 219 g/mol. The van der Waals surface area contributed by atoms with Gasteiger partial charge in [-0.05, 0) is 12.1 Å². The molecule has 1 rings (SSSR count). The largest absolute Gasteiger partial charge is 0.235 e. The molecule has 0 amide bonds. The van der Waals surface area contributed by atoms with Crippen molar-refractivity contribution in [1.82, 2.24) is 0 Å². The standard InChI is InChI=1S/C8H4Cl2FNO/c9-6-1-2-7(10)8(11)5(6)3-12-4-13/h1-2H,3H2. The number of hydrogen-bond acceptors (Lipinski definition) is 2. The van der Waals surface area contributed by atoms with Gasteiger partial charge in [0, 0.05) is 10.6 Å². The molecule has 0 N–H and O–H groups in total. The summed E-state index contributed by atoms with van der Waals surface area (Å²) in [6, 6.07) is 2.79. The number of rotatable bonds is 2. The minimum atomic E-state index is -0.645. The van der Waals surface area contributed by atoms with Gasteiger partial charge in [-0.1, -0.05) is 23.2 Å². The van der Waals surface area contributed by atoms with Crippen molar-refractivity contribution >= 4 is 29.3 Å². The fourth-order valence-electron chi connectivity index (χ4n) is 0.825. The fourth-order valence-corrected chi connectivity index (χ4v) is 1.21. The molecule has 5 heteroatoms. The average Bonchev–Trinajstić information content (AvgIpc) is 2.12. The Morgan fingerprint density at radius 1 is 1.38 bits per heavy atom. The SMILES string of the molecule is O=C=NCc1c(Cl)ccc(Cl)c1F. The number of halogens is 3. The molecular weight excluding hydrogens is 216 g/mol. The highest BCUT2D eigenvalue weighted by molar-refractivity contribution is 6.33. The van der Waals surface area contributed by atoms with Gasteiger partial charge in [-0.15, -0.1) is 0 Å². The third-order valence-corrected chi connectivity index (χ3v) is 2.09. The quantitative estimate of drug-likeness (QED) is 0.428. The van der Waals surface area contributed by atoms with E-state index in [0.717, 1.165) is 0 Å². The van der Waals surface area contributed by atoms with Crippen LogP contribution in [0.25, 0.3) is 0 Å². The first-order valence-corrected chi connectivity index (χ1v) is 4.08. The lowest BCUT2D eigenvalue weighted by atomic mass is 10.2. The zero-order valence-electron chi connectivity index (χ0n) is 6.35. The summed E-state index contributed by atoms with van der Waals surface area (Å²) in [7, 11) is 0. The smallest absolute Gasteiger partial charge is 0.211 e. The lowest BCUT2D eigenvalue weighted by Crippen LogP contribution is -1.90. The van der Waals surface area contributed by atoms with Gasteiger partial charge in [-0.2, -0.15) is 0 Å². The Morgan fingerprint density at radius 3 is 2.62 bits per heavy atom. The van der Waals surface area contributed by atoms with Crippen molar-refractivity contribution in [2.45, 2.75) is 6.54 Å². The van der Waals surface area contributed by atoms with Crippen molar-refractivity contribution in [3.63, 3.8) is 0 Å². The Morgan fingerprint density at radius 2 is 2.00 bits per heavy atom. The molecule has 2 nitrogen and oxygen atoms in total. The Kier molecular flexibility index (Phi) is 3.43. The first kappa shape index (κ1) is 10.2. The molecule has 0 radical (unpaired) electrons. The second-order valence-corrected chi connectivity index (χ2v) is 3.04. The van der Waals surface area contributed by atoms with Crippen LogP contribution >= 0.6 is 23.2 Å². The first-order valence-electron chi connectivity index (χ1n) is 3.33. The second kappa shape index (κ2) is 4.38. The summed E-state index contributed by atoms with van der Waals surface area (Å²) in [6.07, 6.45) is 1.30. The van der Waals surface area contributed by atoms with Gasteiger partial charge in [0.25, 0.3) is 0 Å². The van der Waals surface area contributed by atoms with Gasteiger partial charge in [-0.3, -0.25) is 0 Å². The summed E-state index contributed by atoms with van der Waals surface area (Å²) in [5, 5.41) is 0.154. The van der Waals surface area contributed by atoms with Crippen LogP contribution in [0.5, 0.6) is 0 Å². The summed E-state index contributed by atoms with van der Waals surface area (Å²) in [5.41, 5.74) is 0.109. The minimum absolute atomic E-state index is 0.0412. The van der Waals surface area contributed by atoms with Crippen LogP contribution in [0.1, 0.15) is 5.56 Å². The predicted octanol–water partition coefficient (Wildman–Crippen LogP) is 2.97. The highest BCUT2D eigenvalue weighted by Crippen LogP contribution is 2.25. The molecule has 1 aromatic rings. The van der Waals surface area contributed by atoms with Gasteiger partial charge >= 0.3 is 0 Å². The first-order chi connectivity index (χ1) is 6.16. The zero-order chi connectivity index (χ0) is 9.84. The molecule has 0 saturated carbocycles. The van der Waals surface area contributed by atoms with Gasteiger partial charge in [0.1, 0.15) is 5.82 Å². The summed E-state index contributed by atoms with van der Waals surface area (Å²) < 4.78 is 13.2. The number of carbonyl (C=O) groups excluding carboxylic acids is 1. The fraction of sp³-hybridized carbons (Fsp3) is 0.125. The van der Waals surface area contributed by atoms with Crippen molar-refractivity contribution in [3.8, 4) is 0 Å². The van der Waals surface area contributed by atoms with Crippen molar-refractivity contribution in [3.05, 3.63) is 33.6 Å². The van der Waals surface area contributed by atoms with E-state index in [1.165, 1.54) is 18.2 Å². The average molecular weight is 220 g/mol. The summed E-state index contributed by atoms with van der Waals surface area (Å²) in [6.45, 7) is -0.144. The molecule has 0 heterocycles. The molecule has 0 saturated heterocycles. The molecule has 0 aliphatic carbocycles. The Labute approximate surface area is 84.0 Å². The van der Waals surface area contributed by atoms with Gasteiger partial charge < -0.3 is 0 Å². The molecule has 0 spiro atoms. The molecule has 0 aliphatic heterocycles. The number of hydrogen-bond donors (Lipinski definition) is 0. The van der Waals surface area contributed by atoms with Crippen LogP contribution in [0, 0.1) is 5.82 Å². The Hall–Kier alpha value is -0.890. The molecule has 0 aromatic heterocycles. The maximum atomic E-state index is 13.2. The lowest BCUT2D eigenvalue weighted by molar-refractivity contribution is 0.561. The third-order valence-electron chi connectivity index (χ3n) is 1.44. The van der Waals surface area contributed by atoms with Crippen LogP contribution in [0.3, 0.4) is 0 Å². The van der Waals surface area contributed by atoms with E-state index in [4.69, 9.17) is 23.2 Å². The number of isocyanates is 1. The van der Waals surface area contributed by atoms with Crippen LogP contribution in [-0.4, -0.2) is 6.08 Å². The molecule has 0 aliphatic rings. The van der Waals surface area contributed by atoms with Crippen molar-refractivity contribution in [1.29, 1.82) is 0 Å². The number of benzene rings is 1. The molecule has 1 aromatic carbocycles. The van der Waals surface area contributed by atoms with E-state index in [9.17, 15) is 9.18 Å². The van der Waals surface area contributed by atoms with E-state index in [1.807, 2.05) is 0 Å². The van der Waals surface area contributed by atoms with Gasteiger partial charge in [0.15, 0.2) is 0 Å². The minimum Gasteiger partial charge on any atom is -0.211 e. The Balaban J connectivity index is 3.16. The maximum Gasteiger partial charge on any atom is 0.235 e. The van der Waals surface area contributed by atoms with E-state index in [1.54, 1.807) is 0 Å². The zero-order valence-corrected chi connectivity index (χ0v) is 7.86. The van der Waals surface area contributed by atoms with Crippen molar-refractivity contribution in [2.75, 3.05) is 0 Å². The van der Waals surface area contributed by atoms with Crippen LogP contribution in [-0.2, 0) is 11.3 Å². The van der Waals surface area contributed by atoms with E-state index >= 15 is 0 Å². The summed E-state index contributed by atoms with van der Waals surface area (Å²) in [4.78, 5) is 13.0. The molecule has 13 heavy (non-hydrogen) atoms. The Bertz CT molecular complexity index is 375. The van der Waals surface area contributed by atoms with Gasteiger partial charge in [0.05, 0.1) is 11.6 Å². The summed E-state index contributed by atoms with van der Waals surface area (Å²) in [5.74, 6) is -0.645. The van der Waals surface area contributed by atoms with Crippen LogP contribution < -0.4 is 0 Å². The maximum absolute atomic E-state index is 13.2. The van der Waals surface area contributed by atoms with Crippen molar-refractivity contribution < 1.29 is 9.18 Å². The summed E-state index contributed by atoms with van der Waals surface area (Å²) >= 11 is 11.1. The van der Waals surface area contributed by atoms with Crippen LogP contribution in [0.15, 0.2) is 17.1 Å². The third kappa shape index (κ3) is 2.28. The molecule has 0 unspecified atom stereocenters.